The average molecular weight is 376 g/mol. The second-order valence-corrected chi connectivity index (χ2v) is 7.57. The molecule has 2 rings (SSSR count). The highest BCUT2D eigenvalue weighted by Gasteiger charge is 2.17. The molecular formula is C19H24N2O4S. The van der Waals surface area contributed by atoms with Gasteiger partial charge in [-0.1, -0.05) is 36.8 Å². The Labute approximate surface area is 154 Å². The van der Waals surface area contributed by atoms with Gasteiger partial charge in [0.2, 0.25) is 15.9 Å². The van der Waals surface area contributed by atoms with Crippen LogP contribution in [-0.2, 0) is 21.4 Å². The summed E-state index contributed by atoms with van der Waals surface area (Å²) < 4.78 is 33.2. The van der Waals surface area contributed by atoms with Gasteiger partial charge in [-0.25, -0.2) is 13.1 Å². The summed E-state index contributed by atoms with van der Waals surface area (Å²) in [6.45, 7) is 6.11. The standard InChI is InChI=1S/C19H24N2O4S/c1-4-19(22)21-17-12-16(10-11-18(17)25-5-2)26(23,24)20-13-15-8-6-14(3)7-9-15/h6-12,20H,4-5,13H2,1-3H3,(H,21,22). The van der Waals surface area contributed by atoms with E-state index in [-0.39, 0.29) is 23.8 Å². The molecule has 0 aromatic heterocycles. The lowest BCUT2D eigenvalue weighted by Gasteiger charge is -2.14. The lowest BCUT2D eigenvalue weighted by atomic mass is 10.2. The van der Waals surface area contributed by atoms with Crippen molar-refractivity contribution in [3.05, 3.63) is 53.6 Å². The molecule has 0 spiro atoms. The van der Waals surface area contributed by atoms with Gasteiger partial charge in [0, 0.05) is 13.0 Å². The van der Waals surface area contributed by atoms with Gasteiger partial charge in [-0.05, 0) is 37.6 Å². The maximum atomic E-state index is 12.6. The third kappa shape index (κ3) is 5.31. The predicted molar refractivity (Wildman–Crippen MR) is 102 cm³/mol. The molecule has 0 aliphatic heterocycles. The zero-order chi connectivity index (χ0) is 19.2. The molecule has 2 aromatic rings. The van der Waals surface area contributed by atoms with E-state index < -0.39 is 10.0 Å². The number of hydrogen-bond acceptors (Lipinski definition) is 4. The number of sulfonamides is 1. The molecule has 0 bridgehead atoms. The lowest BCUT2D eigenvalue weighted by molar-refractivity contribution is -0.115. The molecule has 7 heteroatoms. The number of anilines is 1. The zero-order valence-electron chi connectivity index (χ0n) is 15.2. The molecule has 26 heavy (non-hydrogen) atoms. The Kier molecular flexibility index (Phi) is 6.76. The van der Waals surface area contributed by atoms with Crippen LogP contribution in [-0.4, -0.2) is 20.9 Å². The number of carbonyl (C=O) groups is 1. The summed E-state index contributed by atoms with van der Waals surface area (Å²) in [5, 5.41) is 2.68. The SMILES string of the molecule is CCOc1ccc(S(=O)(=O)NCc2ccc(C)cc2)cc1NC(=O)CC. The monoisotopic (exact) mass is 376 g/mol. The largest absolute Gasteiger partial charge is 0.492 e. The van der Waals surface area contributed by atoms with Crippen molar-refractivity contribution in [2.24, 2.45) is 0 Å². The van der Waals surface area contributed by atoms with Gasteiger partial charge in [0.05, 0.1) is 17.2 Å². The maximum Gasteiger partial charge on any atom is 0.240 e. The Morgan fingerprint density at radius 3 is 2.38 bits per heavy atom. The number of hydrogen-bond donors (Lipinski definition) is 2. The number of nitrogens with one attached hydrogen (secondary N) is 2. The fourth-order valence-electron chi connectivity index (χ4n) is 2.26. The molecule has 0 fully saturated rings. The predicted octanol–water partition coefficient (Wildman–Crippen LogP) is 3.22. The topological polar surface area (TPSA) is 84.5 Å². The van der Waals surface area contributed by atoms with E-state index in [1.807, 2.05) is 38.1 Å². The van der Waals surface area contributed by atoms with Gasteiger partial charge in [0.25, 0.3) is 0 Å². The van der Waals surface area contributed by atoms with E-state index >= 15 is 0 Å². The summed E-state index contributed by atoms with van der Waals surface area (Å²) in [5.41, 5.74) is 2.32. The first-order valence-electron chi connectivity index (χ1n) is 8.47. The fraction of sp³-hybridized carbons (Fsp3) is 0.316. The second-order valence-electron chi connectivity index (χ2n) is 5.80. The number of benzene rings is 2. The highest BCUT2D eigenvalue weighted by atomic mass is 32.2. The van der Waals surface area contributed by atoms with Crippen molar-refractivity contribution in [1.82, 2.24) is 4.72 Å². The third-order valence-electron chi connectivity index (χ3n) is 3.74. The van der Waals surface area contributed by atoms with Crippen LogP contribution in [0.4, 0.5) is 5.69 Å². The Hall–Kier alpha value is -2.38. The number of rotatable bonds is 8. The first-order chi connectivity index (χ1) is 12.4. The Bertz CT molecular complexity index is 862. The van der Waals surface area contributed by atoms with Crippen molar-refractivity contribution in [3.63, 3.8) is 0 Å². The van der Waals surface area contributed by atoms with Crippen LogP contribution < -0.4 is 14.8 Å². The molecule has 0 saturated carbocycles. The molecule has 0 unspecified atom stereocenters. The molecule has 0 aliphatic rings. The maximum absolute atomic E-state index is 12.6. The minimum atomic E-state index is -3.72. The minimum absolute atomic E-state index is 0.0690. The molecule has 1 amide bonds. The molecule has 0 aliphatic carbocycles. The van der Waals surface area contributed by atoms with E-state index in [2.05, 4.69) is 10.0 Å². The van der Waals surface area contributed by atoms with Crippen molar-refractivity contribution in [2.45, 2.75) is 38.6 Å². The van der Waals surface area contributed by atoms with Gasteiger partial charge < -0.3 is 10.1 Å². The third-order valence-corrected chi connectivity index (χ3v) is 5.14. The molecule has 2 N–H and O–H groups in total. The molecule has 6 nitrogen and oxygen atoms in total. The van der Waals surface area contributed by atoms with Gasteiger partial charge in [-0.15, -0.1) is 0 Å². The average Bonchev–Trinajstić information content (AvgIpc) is 2.62. The van der Waals surface area contributed by atoms with Crippen molar-refractivity contribution in [2.75, 3.05) is 11.9 Å². The number of amides is 1. The summed E-state index contributed by atoms with van der Waals surface area (Å²) in [6, 6.07) is 12.0. The highest BCUT2D eigenvalue weighted by molar-refractivity contribution is 7.89. The Balaban J connectivity index is 2.22. The van der Waals surface area contributed by atoms with Crippen molar-refractivity contribution < 1.29 is 17.9 Å². The Morgan fingerprint density at radius 1 is 1.08 bits per heavy atom. The van der Waals surface area contributed by atoms with E-state index in [0.29, 0.717) is 18.0 Å². The molecular weight excluding hydrogens is 352 g/mol. The smallest absolute Gasteiger partial charge is 0.240 e. The van der Waals surface area contributed by atoms with E-state index in [1.54, 1.807) is 13.0 Å². The molecule has 2 aromatic carbocycles. The van der Waals surface area contributed by atoms with Crippen LogP contribution in [0.1, 0.15) is 31.4 Å². The second kappa shape index (κ2) is 8.82. The van der Waals surface area contributed by atoms with Crippen LogP contribution in [0.15, 0.2) is 47.4 Å². The number of carbonyl (C=O) groups excluding carboxylic acids is 1. The molecule has 0 saturated heterocycles. The van der Waals surface area contributed by atoms with E-state index in [4.69, 9.17) is 4.74 Å². The van der Waals surface area contributed by atoms with Crippen molar-refractivity contribution >= 4 is 21.6 Å². The van der Waals surface area contributed by atoms with Crippen LogP contribution in [0.3, 0.4) is 0 Å². The summed E-state index contributed by atoms with van der Waals surface area (Å²) in [5.74, 6) is 0.222. The van der Waals surface area contributed by atoms with Crippen molar-refractivity contribution in [3.8, 4) is 5.75 Å². The first kappa shape index (κ1) is 19.9. The van der Waals surface area contributed by atoms with Gasteiger partial charge in [-0.3, -0.25) is 4.79 Å². The summed E-state index contributed by atoms with van der Waals surface area (Å²) in [4.78, 5) is 11.8. The normalized spacial score (nSPS) is 11.2. The number of ether oxygens (including phenoxy) is 1. The lowest BCUT2D eigenvalue weighted by Crippen LogP contribution is -2.23. The van der Waals surface area contributed by atoms with Gasteiger partial charge >= 0.3 is 0 Å². The summed E-state index contributed by atoms with van der Waals surface area (Å²) in [7, 11) is -3.72. The van der Waals surface area contributed by atoms with Crippen LogP contribution in [0, 0.1) is 6.92 Å². The minimum Gasteiger partial charge on any atom is -0.492 e. The van der Waals surface area contributed by atoms with Crippen LogP contribution >= 0.6 is 0 Å². The van der Waals surface area contributed by atoms with Crippen LogP contribution in [0.25, 0.3) is 0 Å². The molecule has 0 atom stereocenters. The van der Waals surface area contributed by atoms with E-state index in [0.717, 1.165) is 11.1 Å². The number of aryl methyl sites for hydroxylation is 1. The first-order valence-corrected chi connectivity index (χ1v) is 9.96. The fourth-order valence-corrected chi connectivity index (χ4v) is 3.31. The van der Waals surface area contributed by atoms with E-state index in [1.165, 1.54) is 12.1 Å². The van der Waals surface area contributed by atoms with E-state index in [9.17, 15) is 13.2 Å². The van der Waals surface area contributed by atoms with Gasteiger partial charge in [-0.2, -0.15) is 0 Å². The van der Waals surface area contributed by atoms with Crippen LogP contribution in [0.2, 0.25) is 0 Å². The molecule has 140 valence electrons. The van der Waals surface area contributed by atoms with Gasteiger partial charge in [0.1, 0.15) is 5.75 Å². The zero-order valence-corrected chi connectivity index (χ0v) is 16.0. The Morgan fingerprint density at radius 2 is 1.77 bits per heavy atom. The summed E-state index contributed by atoms with van der Waals surface area (Å²) >= 11 is 0. The van der Waals surface area contributed by atoms with Crippen LogP contribution in [0.5, 0.6) is 5.75 Å². The van der Waals surface area contributed by atoms with Crippen molar-refractivity contribution in [1.29, 1.82) is 0 Å². The molecule has 0 radical (unpaired) electrons. The highest BCUT2D eigenvalue weighted by Crippen LogP contribution is 2.28. The molecule has 0 heterocycles. The summed E-state index contributed by atoms with van der Waals surface area (Å²) in [6.07, 6.45) is 0.286. The quantitative estimate of drug-likeness (QED) is 0.741. The van der Waals surface area contributed by atoms with Gasteiger partial charge in [0.15, 0.2) is 0 Å².